The van der Waals surface area contributed by atoms with Crippen LogP contribution in [0, 0.1) is 0 Å². The minimum absolute atomic E-state index is 0.151. The molecule has 0 aliphatic carbocycles. The van der Waals surface area contributed by atoms with Crippen LogP contribution in [0.2, 0.25) is 0 Å². The number of hydrogen-bond donors (Lipinski definition) is 0. The van der Waals surface area contributed by atoms with Gasteiger partial charge in [-0.1, -0.05) is 11.8 Å². The van der Waals surface area contributed by atoms with E-state index < -0.39 is 0 Å². The highest BCUT2D eigenvalue weighted by Gasteiger charge is 2.44. The number of fused-ring (bicyclic) bond motifs is 1. The second-order valence-electron chi connectivity index (χ2n) is 2.14. The van der Waals surface area contributed by atoms with Gasteiger partial charge in [-0.2, -0.15) is 0 Å². The van der Waals surface area contributed by atoms with Crippen LogP contribution in [-0.2, 0) is 9.47 Å². The first kappa shape index (κ1) is 6.84. The van der Waals surface area contributed by atoms with Crippen molar-refractivity contribution in [3.05, 3.63) is 12.0 Å². The molecular weight excluding hydrogens is 166 g/mol. The van der Waals surface area contributed by atoms with E-state index in [2.05, 4.69) is 0 Å². The molecule has 0 spiro atoms. The average Bonchev–Trinajstić information content (AvgIpc) is 2.01. The van der Waals surface area contributed by atoms with Gasteiger partial charge >= 0.3 is 6.09 Å². The molecule has 0 aromatic carbocycles. The number of rotatable bonds is 1. The SMILES string of the molecule is COC1=CCS[C@H]2OC(=O)N12. The van der Waals surface area contributed by atoms with Gasteiger partial charge in [0.05, 0.1) is 7.11 Å². The predicted octanol–water partition coefficient (Wildman–Crippen LogP) is 0.957. The average molecular weight is 173 g/mol. The van der Waals surface area contributed by atoms with Crippen LogP contribution in [0.3, 0.4) is 0 Å². The van der Waals surface area contributed by atoms with E-state index in [1.165, 1.54) is 4.90 Å². The van der Waals surface area contributed by atoms with Crippen molar-refractivity contribution in [2.45, 2.75) is 5.56 Å². The highest BCUT2D eigenvalue weighted by molar-refractivity contribution is 8.00. The Bertz CT molecular complexity index is 228. The molecule has 1 saturated heterocycles. The van der Waals surface area contributed by atoms with Gasteiger partial charge in [-0.05, 0) is 6.08 Å². The predicted molar refractivity (Wildman–Crippen MR) is 39.7 cm³/mol. The summed E-state index contributed by atoms with van der Waals surface area (Å²) in [6.07, 6.45) is 1.54. The van der Waals surface area contributed by atoms with Gasteiger partial charge in [-0.15, -0.1) is 0 Å². The van der Waals surface area contributed by atoms with E-state index in [-0.39, 0.29) is 11.7 Å². The van der Waals surface area contributed by atoms with Crippen LogP contribution in [0.15, 0.2) is 12.0 Å². The zero-order chi connectivity index (χ0) is 7.84. The topological polar surface area (TPSA) is 38.8 Å². The highest BCUT2D eigenvalue weighted by Crippen LogP contribution is 2.35. The van der Waals surface area contributed by atoms with Crippen molar-refractivity contribution in [2.75, 3.05) is 12.9 Å². The van der Waals surface area contributed by atoms with Crippen LogP contribution in [0.5, 0.6) is 0 Å². The summed E-state index contributed by atoms with van der Waals surface area (Å²) >= 11 is 1.56. The summed E-state index contributed by atoms with van der Waals surface area (Å²) < 4.78 is 9.77. The first-order valence-corrected chi connectivity index (χ1v) is 4.23. The lowest BCUT2D eigenvalue weighted by Crippen LogP contribution is -2.53. The summed E-state index contributed by atoms with van der Waals surface area (Å²) in [5.41, 5.74) is -0.151. The largest absolute Gasteiger partial charge is 0.482 e. The summed E-state index contributed by atoms with van der Waals surface area (Å²) in [6.45, 7) is 0. The van der Waals surface area contributed by atoms with Crippen molar-refractivity contribution in [3.63, 3.8) is 0 Å². The minimum Gasteiger partial charge on any atom is -0.482 e. The van der Waals surface area contributed by atoms with Crippen LogP contribution < -0.4 is 0 Å². The number of carbonyl (C=O) groups is 1. The number of thioether (sulfide) groups is 1. The van der Waals surface area contributed by atoms with Crippen LogP contribution in [0.25, 0.3) is 0 Å². The van der Waals surface area contributed by atoms with Crippen LogP contribution in [0.4, 0.5) is 4.79 Å². The number of carbonyl (C=O) groups excluding carboxylic acids is 1. The van der Waals surface area contributed by atoms with E-state index >= 15 is 0 Å². The van der Waals surface area contributed by atoms with Crippen LogP contribution in [0.1, 0.15) is 0 Å². The zero-order valence-corrected chi connectivity index (χ0v) is 6.76. The summed E-state index contributed by atoms with van der Waals surface area (Å²) in [4.78, 5) is 12.3. The Morgan fingerprint density at radius 2 is 2.73 bits per heavy atom. The Morgan fingerprint density at radius 3 is 3.27 bits per heavy atom. The maximum Gasteiger partial charge on any atom is 0.423 e. The van der Waals surface area contributed by atoms with E-state index in [4.69, 9.17) is 9.47 Å². The number of amides is 1. The molecule has 1 amide bonds. The Balaban J connectivity index is 2.18. The molecule has 11 heavy (non-hydrogen) atoms. The molecule has 2 aliphatic rings. The molecule has 1 fully saturated rings. The van der Waals surface area contributed by atoms with Gasteiger partial charge in [-0.3, -0.25) is 0 Å². The lowest BCUT2D eigenvalue weighted by Gasteiger charge is -2.40. The molecule has 0 bridgehead atoms. The maximum absolute atomic E-state index is 10.8. The smallest absolute Gasteiger partial charge is 0.423 e. The summed E-state index contributed by atoms with van der Waals surface area (Å²) in [6, 6.07) is 0. The Kier molecular flexibility index (Phi) is 1.45. The van der Waals surface area contributed by atoms with E-state index in [1.54, 1.807) is 18.9 Å². The molecule has 60 valence electrons. The van der Waals surface area contributed by atoms with Crippen LogP contribution >= 0.6 is 11.8 Å². The first-order chi connectivity index (χ1) is 5.33. The molecule has 0 unspecified atom stereocenters. The van der Waals surface area contributed by atoms with Crippen molar-refractivity contribution in [2.24, 2.45) is 0 Å². The van der Waals surface area contributed by atoms with Crippen molar-refractivity contribution in [3.8, 4) is 0 Å². The van der Waals surface area contributed by atoms with Crippen molar-refractivity contribution >= 4 is 17.9 Å². The molecule has 0 aromatic rings. The second-order valence-corrected chi connectivity index (χ2v) is 3.21. The van der Waals surface area contributed by atoms with Crippen LogP contribution in [-0.4, -0.2) is 29.4 Å². The van der Waals surface area contributed by atoms with E-state index in [0.717, 1.165) is 5.75 Å². The third kappa shape index (κ3) is 0.875. The number of hydrogen-bond acceptors (Lipinski definition) is 4. The van der Waals surface area contributed by atoms with Crippen molar-refractivity contribution in [1.82, 2.24) is 4.90 Å². The van der Waals surface area contributed by atoms with Gasteiger partial charge in [0.2, 0.25) is 5.56 Å². The normalized spacial score (nSPS) is 28.1. The van der Waals surface area contributed by atoms with Gasteiger partial charge in [0.25, 0.3) is 0 Å². The van der Waals surface area contributed by atoms with Crippen molar-refractivity contribution < 1.29 is 14.3 Å². The molecule has 2 aliphatic heterocycles. The quantitative estimate of drug-likeness (QED) is 0.592. The molecule has 5 heteroatoms. The fraction of sp³-hybridized carbons (Fsp3) is 0.500. The van der Waals surface area contributed by atoms with Gasteiger partial charge in [-0.25, -0.2) is 9.69 Å². The maximum atomic E-state index is 10.8. The zero-order valence-electron chi connectivity index (χ0n) is 5.94. The molecule has 0 aromatic heterocycles. The molecule has 0 saturated carbocycles. The van der Waals surface area contributed by atoms with Gasteiger partial charge < -0.3 is 9.47 Å². The third-order valence-corrected chi connectivity index (χ3v) is 2.50. The highest BCUT2D eigenvalue weighted by atomic mass is 32.2. The number of ether oxygens (including phenoxy) is 2. The molecule has 1 atom stereocenters. The Morgan fingerprint density at radius 1 is 1.91 bits per heavy atom. The minimum atomic E-state index is -0.324. The van der Waals surface area contributed by atoms with E-state index in [9.17, 15) is 4.79 Å². The molecular formula is C6H7NO3S. The second kappa shape index (κ2) is 2.34. The fourth-order valence-corrected chi connectivity index (χ4v) is 1.91. The monoisotopic (exact) mass is 173 g/mol. The van der Waals surface area contributed by atoms with Gasteiger partial charge in [0, 0.05) is 5.75 Å². The third-order valence-electron chi connectivity index (χ3n) is 1.55. The first-order valence-electron chi connectivity index (χ1n) is 3.18. The Hall–Kier alpha value is -0.840. The molecule has 2 rings (SSSR count). The Labute approximate surface area is 68.1 Å². The van der Waals surface area contributed by atoms with E-state index in [0.29, 0.717) is 5.88 Å². The fourth-order valence-electron chi connectivity index (χ4n) is 1.02. The summed E-state index contributed by atoms with van der Waals surface area (Å²) in [5.74, 6) is 1.43. The molecule has 0 N–H and O–H groups in total. The van der Waals surface area contributed by atoms with Crippen molar-refractivity contribution in [1.29, 1.82) is 0 Å². The summed E-state index contributed by atoms with van der Waals surface area (Å²) in [5, 5.41) is 0. The molecule has 2 heterocycles. The number of methoxy groups -OCH3 is 1. The molecule has 4 nitrogen and oxygen atoms in total. The standard InChI is InChI=1S/C6H7NO3S/c1-9-4-2-3-11-6-7(4)5(8)10-6/h2,6H,3H2,1H3/t6-/m1/s1. The van der Waals surface area contributed by atoms with E-state index in [1.807, 2.05) is 6.08 Å². The molecule has 0 radical (unpaired) electrons. The van der Waals surface area contributed by atoms with Gasteiger partial charge in [0.1, 0.15) is 0 Å². The summed E-state index contributed by atoms with van der Waals surface area (Å²) in [7, 11) is 1.55. The number of nitrogens with zero attached hydrogens (tertiary/aromatic N) is 1. The lowest BCUT2D eigenvalue weighted by molar-refractivity contribution is -0.0534. The van der Waals surface area contributed by atoms with Gasteiger partial charge in [0.15, 0.2) is 5.88 Å². The lowest BCUT2D eigenvalue weighted by atomic mass is 10.5.